The molecule has 5 rings (SSSR count). The molecule has 0 atom stereocenters. The highest BCUT2D eigenvalue weighted by Crippen LogP contribution is 2.49. The molecular formula is C28H37NO3. The van der Waals surface area contributed by atoms with Gasteiger partial charge in [0.2, 0.25) is 0 Å². The van der Waals surface area contributed by atoms with Crippen LogP contribution in [0.25, 0.3) is 10.8 Å². The Kier molecular flexibility index (Phi) is 6.16. The summed E-state index contributed by atoms with van der Waals surface area (Å²) in [5, 5.41) is 11.9. The largest absolute Gasteiger partial charge is 0.490 e. The Balaban J connectivity index is 1.37. The molecule has 0 bridgehead atoms. The van der Waals surface area contributed by atoms with E-state index in [1.54, 1.807) is 0 Å². The highest BCUT2D eigenvalue weighted by molar-refractivity contribution is 5.90. The Morgan fingerprint density at radius 3 is 2.34 bits per heavy atom. The molecule has 2 aromatic rings. The molecule has 1 N–H and O–H groups in total. The van der Waals surface area contributed by atoms with E-state index in [0.717, 1.165) is 38.2 Å². The summed E-state index contributed by atoms with van der Waals surface area (Å²) in [4.78, 5) is 13.8. The zero-order valence-corrected chi connectivity index (χ0v) is 19.4. The average Bonchev–Trinajstić information content (AvgIpc) is 3.26. The number of carbonyl (C=O) groups is 1. The van der Waals surface area contributed by atoms with E-state index in [0.29, 0.717) is 11.5 Å². The standard InChI is InChI=1S/C28H37NO3/c1-20-18-26(32-22-8-14-28(15-9-22)12-4-5-13-28)25(24-7-3-2-6-23(20)24)19-29-16-10-21(11-17-29)27(30)31/h2-3,6-7,18,21-22H,4-5,8-17,19H2,1H3,(H,30,31). The molecule has 1 saturated heterocycles. The first-order chi connectivity index (χ1) is 15.5. The summed E-state index contributed by atoms with van der Waals surface area (Å²) in [5.41, 5.74) is 3.17. The summed E-state index contributed by atoms with van der Waals surface area (Å²) in [7, 11) is 0. The molecule has 3 fully saturated rings. The SMILES string of the molecule is Cc1cc(OC2CCC3(CCCC3)CC2)c(CN2CCC(C(=O)O)CC2)c2ccccc12. The molecule has 2 aliphatic carbocycles. The van der Waals surface area contributed by atoms with E-state index in [4.69, 9.17) is 4.74 Å². The summed E-state index contributed by atoms with van der Waals surface area (Å²) >= 11 is 0. The molecule has 1 spiro atoms. The number of ether oxygens (including phenoxy) is 1. The Labute approximate surface area is 191 Å². The quantitative estimate of drug-likeness (QED) is 0.596. The highest BCUT2D eigenvalue weighted by atomic mass is 16.5. The van der Waals surface area contributed by atoms with E-state index < -0.39 is 5.97 Å². The molecule has 4 nitrogen and oxygen atoms in total. The van der Waals surface area contributed by atoms with Gasteiger partial charge in [0, 0.05) is 12.1 Å². The molecule has 2 saturated carbocycles. The van der Waals surface area contributed by atoms with Gasteiger partial charge in [0.15, 0.2) is 0 Å². The number of nitrogens with zero attached hydrogens (tertiary/aromatic N) is 1. The molecule has 3 aliphatic rings. The van der Waals surface area contributed by atoms with Crippen molar-refractivity contribution in [2.75, 3.05) is 13.1 Å². The van der Waals surface area contributed by atoms with E-state index in [9.17, 15) is 9.90 Å². The van der Waals surface area contributed by atoms with Gasteiger partial charge in [-0.2, -0.15) is 0 Å². The van der Waals surface area contributed by atoms with E-state index in [-0.39, 0.29) is 5.92 Å². The highest BCUT2D eigenvalue weighted by Gasteiger charge is 2.38. The predicted octanol–water partition coefficient (Wildman–Crippen LogP) is 6.33. The van der Waals surface area contributed by atoms with Crippen LogP contribution in [0.1, 0.15) is 75.3 Å². The van der Waals surface area contributed by atoms with Crippen LogP contribution in [0.2, 0.25) is 0 Å². The first-order valence-corrected chi connectivity index (χ1v) is 12.7. The molecule has 1 aliphatic heterocycles. The van der Waals surface area contributed by atoms with Crippen molar-refractivity contribution in [2.45, 2.75) is 83.8 Å². The number of aryl methyl sites for hydroxylation is 1. The van der Waals surface area contributed by atoms with Gasteiger partial charge in [0.05, 0.1) is 12.0 Å². The van der Waals surface area contributed by atoms with Gasteiger partial charge in [-0.05, 0) is 99.2 Å². The number of aliphatic carboxylic acids is 1. The molecule has 0 aromatic heterocycles. The van der Waals surface area contributed by atoms with E-state index in [1.165, 1.54) is 73.3 Å². The minimum absolute atomic E-state index is 0.193. The third kappa shape index (κ3) is 4.39. The number of hydrogen-bond acceptors (Lipinski definition) is 3. The van der Waals surface area contributed by atoms with Gasteiger partial charge in [-0.15, -0.1) is 0 Å². The maximum atomic E-state index is 11.4. The van der Waals surface area contributed by atoms with Crippen molar-refractivity contribution in [3.63, 3.8) is 0 Å². The van der Waals surface area contributed by atoms with Gasteiger partial charge in [-0.1, -0.05) is 37.1 Å². The van der Waals surface area contributed by atoms with Crippen LogP contribution in [0.3, 0.4) is 0 Å². The van der Waals surface area contributed by atoms with E-state index >= 15 is 0 Å². The van der Waals surface area contributed by atoms with Crippen LogP contribution in [-0.4, -0.2) is 35.2 Å². The number of piperidine rings is 1. The molecule has 0 radical (unpaired) electrons. The lowest BCUT2D eigenvalue weighted by atomic mass is 9.72. The van der Waals surface area contributed by atoms with Gasteiger partial charge in [-0.3, -0.25) is 9.69 Å². The zero-order chi connectivity index (χ0) is 22.1. The fourth-order valence-corrected chi connectivity index (χ4v) is 6.54. The second-order valence-corrected chi connectivity index (χ2v) is 10.6. The van der Waals surface area contributed by atoms with E-state index in [1.807, 2.05) is 0 Å². The summed E-state index contributed by atoms with van der Waals surface area (Å²) < 4.78 is 6.76. The number of carboxylic acid groups (broad SMARTS) is 1. The lowest BCUT2D eigenvalue weighted by Crippen LogP contribution is -2.36. The maximum absolute atomic E-state index is 11.4. The molecule has 32 heavy (non-hydrogen) atoms. The number of rotatable bonds is 5. The van der Waals surface area contributed by atoms with Crippen molar-refractivity contribution in [2.24, 2.45) is 11.3 Å². The Hall–Kier alpha value is -2.07. The number of hydrogen-bond donors (Lipinski definition) is 1. The molecule has 1 heterocycles. The predicted molar refractivity (Wildman–Crippen MR) is 128 cm³/mol. The van der Waals surface area contributed by atoms with Gasteiger partial charge in [0.1, 0.15) is 5.75 Å². The van der Waals surface area contributed by atoms with Crippen LogP contribution in [0.4, 0.5) is 0 Å². The van der Waals surface area contributed by atoms with Crippen molar-refractivity contribution >= 4 is 16.7 Å². The monoisotopic (exact) mass is 435 g/mol. The van der Waals surface area contributed by atoms with Crippen LogP contribution in [0, 0.1) is 18.3 Å². The molecule has 4 heteroatoms. The Morgan fingerprint density at radius 1 is 1.03 bits per heavy atom. The minimum atomic E-state index is -0.646. The smallest absolute Gasteiger partial charge is 0.306 e. The van der Waals surface area contributed by atoms with Crippen molar-refractivity contribution in [1.82, 2.24) is 4.90 Å². The number of fused-ring (bicyclic) bond motifs is 1. The third-order valence-corrected chi connectivity index (χ3v) is 8.59. The third-order valence-electron chi connectivity index (χ3n) is 8.59. The van der Waals surface area contributed by atoms with Crippen molar-refractivity contribution in [3.8, 4) is 5.75 Å². The van der Waals surface area contributed by atoms with Gasteiger partial charge in [0.25, 0.3) is 0 Å². The second-order valence-electron chi connectivity index (χ2n) is 10.6. The van der Waals surface area contributed by atoms with Crippen molar-refractivity contribution in [3.05, 3.63) is 41.5 Å². The molecule has 2 aromatic carbocycles. The molecule has 172 valence electrons. The van der Waals surface area contributed by atoms with Gasteiger partial charge in [-0.25, -0.2) is 0 Å². The van der Waals surface area contributed by atoms with Crippen LogP contribution < -0.4 is 4.74 Å². The minimum Gasteiger partial charge on any atom is -0.490 e. The molecular weight excluding hydrogens is 398 g/mol. The summed E-state index contributed by atoms with van der Waals surface area (Å²) in [6, 6.07) is 10.9. The Morgan fingerprint density at radius 2 is 1.69 bits per heavy atom. The van der Waals surface area contributed by atoms with Gasteiger partial charge < -0.3 is 9.84 Å². The first kappa shape index (κ1) is 21.8. The van der Waals surface area contributed by atoms with Crippen LogP contribution in [0.15, 0.2) is 30.3 Å². The zero-order valence-electron chi connectivity index (χ0n) is 19.4. The lowest BCUT2D eigenvalue weighted by molar-refractivity contribution is -0.143. The second kappa shape index (κ2) is 9.05. The van der Waals surface area contributed by atoms with Crippen LogP contribution in [-0.2, 0) is 11.3 Å². The van der Waals surface area contributed by atoms with Crippen LogP contribution >= 0.6 is 0 Å². The molecule has 0 amide bonds. The normalized spacial score (nSPS) is 22.5. The van der Waals surface area contributed by atoms with Crippen molar-refractivity contribution < 1.29 is 14.6 Å². The number of benzene rings is 2. The molecule has 0 unspecified atom stereocenters. The summed E-state index contributed by atoms with van der Waals surface area (Å²) in [6.45, 7) is 4.69. The van der Waals surface area contributed by atoms with Crippen molar-refractivity contribution in [1.29, 1.82) is 0 Å². The summed E-state index contributed by atoms with van der Waals surface area (Å²) in [5.74, 6) is 0.211. The fourth-order valence-electron chi connectivity index (χ4n) is 6.54. The first-order valence-electron chi connectivity index (χ1n) is 12.7. The summed E-state index contributed by atoms with van der Waals surface area (Å²) in [6.07, 6.45) is 12.5. The maximum Gasteiger partial charge on any atom is 0.306 e. The number of likely N-dealkylation sites (tertiary alicyclic amines) is 1. The average molecular weight is 436 g/mol. The lowest BCUT2D eigenvalue weighted by Gasteiger charge is -2.38. The fraction of sp³-hybridized carbons (Fsp3) is 0.607. The Bertz CT molecular complexity index is 960. The van der Waals surface area contributed by atoms with Gasteiger partial charge >= 0.3 is 5.97 Å². The topological polar surface area (TPSA) is 49.8 Å². The van der Waals surface area contributed by atoms with E-state index in [2.05, 4.69) is 42.2 Å². The van der Waals surface area contributed by atoms with Crippen LogP contribution in [0.5, 0.6) is 5.75 Å². The number of carboxylic acids is 1.